The zero-order chi connectivity index (χ0) is 18.4. The Morgan fingerprint density at radius 1 is 1.18 bits per heavy atom. The average Bonchev–Trinajstić information content (AvgIpc) is 2.68. The van der Waals surface area contributed by atoms with Crippen molar-refractivity contribution in [1.82, 2.24) is 15.2 Å². The summed E-state index contributed by atoms with van der Waals surface area (Å²) in [7, 11) is 0. The molecule has 0 radical (unpaired) electrons. The molecule has 1 aliphatic heterocycles. The number of nitrogens with two attached hydrogens (primary N) is 1. The number of likely N-dealkylation sites (tertiary alicyclic amines) is 1. The number of hydrogen-bond donors (Lipinski definition) is 2. The molecule has 2 aromatic rings. The van der Waals surface area contributed by atoms with E-state index in [0.717, 1.165) is 18.4 Å². The second-order valence-electron chi connectivity index (χ2n) is 6.64. The van der Waals surface area contributed by atoms with Crippen LogP contribution in [0.25, 0.3) is 0 Å². The van der Waals surface area contributed by atoms with Crippen molar-refractivity contribution in [2.45, 2.75) is 31.3 Å². The Bertz CT molecular complexity index is 746. The van der Waals surface area contributed by atoms with Gasteiger partial charge in [-0.3, -0.25) is 14.6 Å². The van der Waals surface area contributed by atoms with Crippen LogP contribution in [0.2, 0.25) is 0 Å². The number of amides is 2. The summed E-state index contributed by atoms with van der Waals surface area (Å²) in [6.07, 6.45) is 5.62. The summed E-state index contributed by atoms with van der Waals surface area (Å²) >= 11 is 0. The molecule has 28 heavy (non-hydrogen) atoms. The fourth-order valence-electron chi connectivity index (χ4n) is 3.22. The Hall–Kier alpha value is -2.15. The first-order valence-electron chi connectivity index (χ1n) is 8.92. The fourth-order valence-corrected chi connectivity index (χ4v) is 3.22. The van der Waals surface area contributed by atoms with Gasteiger partial charge in [-0.2, -0.15) is 0 Å². The Morgan fingerprint density at radius 3 is 2.57 bits per heavy atom. The highest BCUT2D eigenvalue weighted by atomic mass is 35.5. The topological polar surface area (TPSA) is 88.3 Å². The summed E-state index contributed by atoms with van der Waals surface area (Å²) in [6.45, 7) is 1.21. The van der Waals surface area contributed by atoms with E-state index < -0.39 is 6.04 Å². The van der Waals surface area contributed by atoms with E-state index in [1.807, 2.05) is 18.2 Å². The minimum atomic E-state index is -0.641. The van der Waals surface area contributed by atoms with Gasteiger partial charge >= 0.3 is 0 Å². The van der Waals surface area contributed by atoms with Gasteiger partial charge in [0.25, 0.3) is 5.91 Å². The van der Waals surface area contributed by atoms with Gasteiger partial charge in [0.1, 0.15) is 6.04 Å². The molecule has 1 aliphatic rings. The molecule has 2 heterocycles. The third-order valence-corrected chi connectivity index (χ3v) is 4.57. The predicted molar refractivity (Wildman–Crippen MR) is 114 cm³/mol. The normalized spacial score (nSPS) is 16.9. The molecule has 0 bridgehead atoms. The lowest BCUT2D eigenvalue weighted by molar-refractivity contribution is -0.134. The number of benzene rings is 1. The van der Waals surface area contributed by atoms with Gasteiger partial charge in [0.05, 0.1) is 0 Å². The highest BCUT2D eigenvalue weighted by Crippen LogP contribution is 2.13. The van der Waals surface area contributed by atoms with E-state index in [1.165, 1.54) is 0 Å². The first-order valence-corrected chi connectivity index (χ1v) is 8.92. The van der Waals surface area contributed by atoms with Gasteiger partial charge in [-0.15, -0.1) is 24.8 Å². The van der Waals surface area contributed by atoms with Gasteiger partial charge in [0.15, 0.2) is 0 Å². The summed E-state index contributed by atoms with van der Waals surface area (Å²) in [6, 6.07) is 12.0. The number of aromatic nitrogens is 1. The van der Waals surface area contributed by atoms with Crippen molar-refractivity contribution < 1.29 is 9.59 Å². The maximum atomic E-state index is 13.1. The van der Waals surface area contributed by atoms with Gasteiger partial charge in [0.2, 0.25) is 5.91 Å². The highest BCUT2D eigenvalue weighted by molar-refractivity contribution is 5.97. The monoisotopic (exact) mass is 424 g/mol. The second-order valence-corrected chi connectivity index (χ2v) is 6.64. The summed E-state index contributed by atoms with van der Waals surface area (Å²) < 4.78 is 0. The number of piperidine rings is 1. The molecule has 1 aromatic carbocycles. The molecule has 3 rings (SSSR count). The number of nitrogens with one attached hydrogen (secondary N) is 1. The lowest BCUT2D eigenvalue weighted by Gasteiger charge is -2.33. The van der Waals surface area contributed by atoms with Crippen LogP contribution in [0.5, 0.6) is 0 Å². The van der Waals surface area contributed by atoms with E-state index in [-0.39, 0.29) is 42.7 Å². The van der Waals surface area contributed by atoms with Crippen LogP contribution in [0.4, 0.5) is 0 Å². The molecule has 6 nitrogen and oxygen atoms in total. The smallest absolute Gasteiger partial charge is 0.251 e. The van der Waals surface area contributed by atoms with Crippen molar-refractivity contribution in [3.8, 4) is 0 Å². The summed E-state index contributed by atoms with van der Waals surface area (Å²) in [4.78, 5) is 31.5. The van der Waals surface area contributed by atoms with Crippen LogP contribution in [0, 0.1) is 0 Å². The third-order valence-electron chi connectivity index (χ3n) is 4.57. The number of carbonyl (C=O) groups excluding carboxylic acids is 2. The SMILES string of the molecule is Cl.Cl.NC1CCCN(C(=O)C(Cc2cccnc2)NC(=O)c2ccccc2)C1. The van der Waals surface area contributed by atoms with E-state index in [0.29, 0.717) is 25.1 Å². The standard InChI is InChI=1S/C20H24N4O2.2ClH/c21-17-9-5-11-24(14-17)20(26)18(12-15-6-4-10-22-13-15)23-19(25)16-7-2-1-3-8-16;;/h1-4,6-8,10,13,17-18H,5,9,11-12,14,21H2,(H,23,25);2*1H. The Labute approximate surface area is 177 Å². The van der Waals surface area contributed by atoms with Crippen molar-refractivity contribution in [2.24, 2.45) is 5.73 Å². The van der Waals surface area contributed by atoms with Gasteiger partial charge in [-0.05, 0) is 36.6 Å². The van der Waals surface area contributed by atoms with Crippen molar-refractivity contribution in [3.63, 3.8) is 0 Å². The van der Waals surface area contributed by atoms with E-state index in [1.54, 1.807) is 41.6 Å². The molecule has 0 saturated carbocycles. The maximum absolute atomic E-state index is 13.1. The lowest BCUT2D eigenvalue weighted by Crippen LogP contribution is -2.54. The Balaban J connectivity index is 0.00000196. The predicted octanol–water partition coefficient (Wildman–Crippen LogP) is 2.22. The summed E-state index contributed by atoms with van der Waals surface area (Å²) in [5.74, 6) is -0.345. The van der Waals surface area contributed by atoms with Crippen LogP contribution in [-0.4, -0.2) is 46.9 Å². The first kappa shape index (κ1) is 23.9. The minimum Gasteiger partial charge on any atom is -0.340 e. The van der Waals surface area contributed by atoms with Crippen LogP contribution in [-0.2, 0) is 11.2 Å². The maximum Gasteiger partial charge on any atom is 0.251 e. The van der Waals surface area contributed by atoms with Gasteiger partial charge in [-0.25, -0.2) is 0 Å². The molecule has 3 N–H and O–H groups in total. The molecular formula is C20H26Cl2N4O2. The summed E-state index contributed by atoms with van der Waals surface area (Å²) in [5, 5.41) is 2.89. The fraction of sp³-hybridized carbons (Fsp3) is 0.350. The largest absolute Gasteiger partial charge is 0.340 e. The van der Waals surface area contributed by atoms with Crippen LogP contribution >= 0.6 is 24.8 Å². The van der Waals surface area contributed by atoms with Gasteiger partial charge < -0.3 is 16.0 Å². The zero-order valence-corrected chi connectivity index (χ0v) is 17.1. The molecule has 0 spiro atoms. The van der Waals surface area contributed by atoms with Gasteiger partial charge in [0, 0.05) is 43.5 Å². The number of rotatable bonds is 5. The lowest BCUT2D eigenvalue weighted by atomic mass is 10.0. The summed E-state index contributed by atoms with van der Waals surface area (Å²) in [5.41, 5.74) is 7.45. The molecule has 1 aromatic heterocycles. The van der Waals surface area contributed by atoms with Crippen molar-refractivity contribution in [1.29, 1.82) is 0 Å². The van der Waals surface area contributed by atoms with E-state index >= 15 is 0 Å². The number of hydrogen-bond acceptors (Lipinski definition) is 4. The van der Waals surface area contributed by atoms with Crippen LogP contribution in [0.1, 0.15) is 28.8 Å². The molecule has 1 saturated heterocycles. The van der Waals surface area contributed by atoms with E-state index in [4.69, 9.17) is 5.73 Å². The number of halogens is 2. The van der Waals surface area contributed by atoms with Crippen LogP contribution in [0.15, 0.2) is 54.9 Å². The van der Waals surface area contributed by atoms with Crippen molar-refractivity contribution in [2.75, 3.05) is 13.1 Å². The molecule has 1 fully saturated rings. The highest BCUT2D eigenvalue weighted by Gasteiger charge is 2.29. The first-order chi connectivity index (χ1) is 12.6. The molecule has 152 valence electrons. The molecular weight excluding hydrogens is 399 g/mol. The van der Waals surface area contributed by atoms with Crippen molar-refractivity contribution in [3.05, 3.63) is 66.0 Å². The molecule has 0 aliphatic carbocycles. The zero-order valence-electron chi connectivity index (χ0n) is 15.5. The third kappa shape index (κ3) is 6.48. The number of pyridine rings is 1. The van der Waals surface area contributed by atoms with Crippen LogP contribution in [0.3, 0.4) is 0 Å². The average molecular weight is 425 g/mol. The van der Waals surface area contributed by atoms with Crippen molar-refractivity contribution >= 4 is 36.6 Å². The van der Waals surface area contributed by atoms with Gasteiger partial charge in [-0.1, -0.05) is 24.3 Å². The molecule has 8 heteroatoms. The van der Waals surface area contributed by atoms with E-state index in [2.05, 4.69) is 10.3 Å². The molecule has 2 unspecified atom stereocenters. The van der Waals surface area contributed by atoms with Crippen LogP contribution < -0.4 is 11.1 Å². The minimum absolute atomic E-state index is 0. The number of carbonyl (C=O) groups is 2. The molecule has 2 atom stereocenters. The van der Waals surface area contributed by atoms with E-state index in [9.17, 15) is 9.59 Å². The quantitative estimate of drug-likeness (QED) is 0.769. The Morgan fingerprint density at radius 2 is 1.93 bits per heavy atom. The second kappa shape index (κ2) is 11.6. The number of nitrogens with zero attached hydrogens (tertiary/aromatic N) is 2. The Kier molecular flexibility index (Phi) is 9.93. The molecule has 2 amide bonds.